The van der Waals surface area contributed by atoms with E-state index in [1.807, 2.05) is 12.1 Å². The Morgan fingerprint density at radius 3 is 2.65 bits per heavy atom. The largest absolute Gasteiger partial charge is 0.507 e. The van der Waals surface area contributed by atoms with Gasteiger partial charge in [-0.15, -0.1) is 0 Å². The van der Waals surface area contributed by atoms with E-state index in [2.05, 4.69) is 14.7 Å². The predicted molar refractivity (Wildman–Crippen MR) is 101 cm³/mol. The molecule has 0 saturated carbocycles. The molecule has 6 nitrogen and oxygen atoms in total. The Morgan fingerprint density at radius 1 is 1.31 bits per heavy atom. The van der Waals surface area contributed by atoms with Crippen molar-refractivity contribution < 1.29 is 14.6 Å². The lowest BCUT2D eigenvalue weighted by Crippen LogP contribution is -2.23. The number of hydrogen-bond donors (Lipinski definition) is 2. The van der Waals surface area contributed by atoms with E-state index in [4.69, 9.17) is 16.3 Å². The van der Waals surface area contributed by atoms with Crippen molar-refractivity contribution in [1.82, 2.24) is 14.7 Å². The van der Waals surface area contributed by atoms with Crippen LogP contribution < -0.4 is 10.1 Å². The van der Waals surface area contributed by atoms with Gasteiger partial charge >= 0.3 is 0 Å². The number of phenolic OH excluding ortho intramolecular Hbond substituents is 1. The highest BCUT2D eigenvalue weighted by Crippen LogP contribution is 2.36. The zero-order chi connectivity index (χ0) is 18.7. The number of carbonyl (C=O) groups is 1. The molecule has 0 aliphatic carbocycles. The topological polar surface area (TPSA) is 84.3 Å². The number of carbonyl (C=O) groups excluding carboxylic acids is 1. The molecular weight excluding hydrogens is 374 g/mol. The number of aromatic hydroxyl groups is 1. The van der Waals surface area contributed by atoms with Gasteiger partial charge in [-0.2, -0.15) is 4.37 Å². The molecule has 26 heavy (non-hydrogen) atoms. The Kier molecular flexibility index (Phi) is 5.39. The van der Waals surface area contributed by atoms with Gasteiger partial charge in [0.05, 0.1) is 18.2 Å². The molecule has 0 spiro atoms. The summed E-state index contributed by atoms with van der Waals surface area (Å²) in [6.07, 6.45) is 0. The molecule has 2 aromatic carbocycles. The summed E-state index contributed by atoms with van der Waals surface area (Å²) in [5.41, 5.74) is 1.62. The van der Waals surface area contributed by atoms with Crippen LogP contribution in [0.1, 0.15) is 21.7 Å². The number of phenols is 1. The van der Waals surface area contributed by atoms with Crippen molar-refractivity contribution in [2.75, 3.05) is 7.11 Å². The molecule has 1 amide bonds. The molecule has 1 aromatic heterocycles. The van der Waals surface area contributed by atoms with Gasteiger partial charge in [-0.25, -0.2) is 4.98 Å². The van der Waals surface area contributed by atoms with Crippen molar-refractivity contribution in [3.05, 3.63) is 58.4 Å². The quantitative estimate of drug-likeness (QED) is 0.693. The second-order valence-corrected chi connectivity index (χ2v) is 6.71. The minimum absolute atomic E-state index is 0.0569. The summed E-state index contributed by atoms with van der Waals surface area (Å²) in [7, 11) is 1.47. The van der Waals surface area contributed by atoms with Crippen molar-refractivity contribution in [2.45, 2.75) is 13.5 Å². The average molecular weight is 390 g/mol. The Bertz CT molecular complexity index is 941. The van der Waals surface area contributed by atoms with E-state index in [9.17, 15) is 9.90 Å². The van der Waals surface area contributed by atoms with Gasteiger partial charge in [-0.3, -0.25) is 4.79 Å². The third kappa shape index (κ3) is 3.95. The molecular formula is C18H16ClN3O3S. The number of amides is 1. The minimum Gasteiger partial charge on any atom is -0.507 e. The van der Waals surface area contributed by atoms with Gasteiger partial charge in [-0.1, -0.05) is 23.7 Å². The number of nitrogens with one attached hydrogen (secondary N) is 1. The monoisotopic (exact) mass is 389 g/mol. The van der Waals surface area contributed by atoms with Crippen molar-refractivity contribution in [1.29, 1.82) is 0 Å². The summed E-state index contributed by atoms with van der Waals surface area (Å²) in [6, 6.07) is 10.1. The molecule has 3 rings (SSSR count). The highest BCUT2D eigenvalue weighted by molar-refractivity contribution is 7.09. The van der Waals surface area contributed by atoms with Crippen LogP contribution in [0.2, 0.25) is 5.02 Å². The number of aromatic nitrogens is 2. The molecule has 0 fully saturated rings. The van der Waals surface area contributed by atoms with E-state index >= 15 is 0 Å². The maximum absolute atomic E-state index is 12.5. The number of nitrogens with zero attached hydrogens (tertiary/aromatic N) is 2. The zero-order valence-corrected chi connectivity index (χ0v) is 15.7. The first-order valence-corrected chi connectivity index (χ1v) is 8.87. The van der Waals surface area contributed by atoms with E-state index in [1.165, 1.54) is 24.7 Å². The molecule has 0 radical (unpaired) electrons. The molecule has 0 atom stereocenters. The summed E-state index contributed by atoms with van der Waals surface area (Å²) >= 11 is 7.02. The number of methoxy groups -OCH3 is 1. The Labute approximate surface area is 159 Å². The molecule has 0 saturated heterocycles. The molecule has 0 bridgehead atoms. The Morgan fingerprint density at radius 2 is 2.04 bits per heavy atom. The standard InChI is InChI=1S/C18H16ClN3O3S/c1-10-21-18(26-22-10)13-8-16(25-2)14(7-15(13)23)17(24)20-9-11-3-5-12(19)6-4-11/h3-8,23H,9H2,1-2H3,(H,20,24). The number of hydrogen-bond acceptors (Lipinski definition) is 6. The summed E-state index contributed by atoms with van der Waals surface area (Å²) < 4.78 is 9.43. The van der Waals surface area contributed by atoms with E-state index in [0.29, 0.717) is 33.7 Å². The van der Waals surface area contributed by atoms with Gasteiger partial charge in [-0.05, 0) is 48.3 Å². The first-order chi connectivity index (χ1) is 12.5. The summed E-state index contributed by atoms with van der Waals surface area (Å²) in [6.45, 7) is 2.10. The number of benzene rings is 2. The molecule has 0 aliphatic heterocycles. The Balaban J connectivity index is 1.83. The highest BCUT2D eigenvalue weighted by Gasteiger charge is 2.19. The van der Waals surface area contributed by atoms with Crippen LogP contribution in [0.5, 0.6) is 11.5 Å². The van der Waals surface area contributed by atoms with E-state index in [1.54, 1.807) is 25.1 Å². The molecule has 0 aliphatic rings. The minimum atomic E-state index is -0.355. The smallest absolute Gasteiger partial charge is 0.255 e. The second kappa shape index (κ2) is 7.72. The van der Waals surface area contributed by atoms with Crippen LogP contribution in [0.15, 0.2) is 36.4 Å². The number of halogens is 1. The SMILES string of the molecule is COc1cc(-c2nc(C)ns2)c(O)cc1C(=O)NCc1ccc(Cl)cc1. The van der Waals surface area contributed by atoms with Crippen LogP contribution >= 0.6 is 23.1 Å². The summed E-state index contributed by atoms with van der Waals surface area (Å²) in [5, 5.41) is 14.3. The summed E-state index contributed by atoms with van der Waals surface area (Å²) in [5.74, 6) is 0.554. The lowest BCUT2D eigenvalue weighted by Gasteiger charge is -2.12. The predicted octanol–water partition coefficient (Wildman–Crippen LogP) is 3.81. The van der Waals surface area contributed by atoms with Crippen molar-refractivity contribution in [3.8, 4) is 22.1 Å². The fourth-order valence-corrected chi connectivity index (χ4v) is 3.19. The normalized spacial score (nSPS) is 10.6. The van der Waals surface area contributed by atoms with Crippen LogP contribution in [-0.4, -0.2) is 27.5 Å². The maximum Gasteiger partial charge on any atom is 0.255 e. The molecule has 0 unspecified atom stereocenters. The highest BCUT2D eigenvalue weighted by atomic mass is 35.5. The fourth-order valence-electron chi connectivity index (χ4n) is 2.37. The average Bonchev–Trinajstić information content (AvgIpc) is 3.07. The van der Waals surface area contributed by atoms with E-state index < -0.39 is 0 Å². The van der Waals surface area contributed by atoms with Crippen molar-refractivity contribution >= 4 is 29.0 Å². The van der Waals surface area contributed by atoms with Gasteiger partial charge < -0.3 is 15.2 Å². The second-order valence-electron chi connectivity index (χ2n) is 5.53. The van der Waals surface area contributed by atoms with Gasteiger partial charge in [0.25, 0.3) is 5.91 Å². The number of rotatable bonds is 5. The molecule has 1 heterocycles. The maximum atomic E-state index is 12.5. The lowest BCUT2D eigenvalue weighted by molar-refractivity contribution is 0.0947. The van der Waals surface area contributed by atoms with Crippen LogP contribution in [0.3, 0.4) is 0 Å². The number of ether oxygens (including phenoxy) is 1. The van der Waals surface area contributed by atoms with Crippen LogP contribution in [0.4, 0.5) is 0 Å². The zero-order valence-electron chi connectivity index (χ0n) is 14.1. The molecule has 8 heteroatoms. The Hall–Kier alpha value is -2.64. The van der Waals surface area contributed by atoms with Crippen LogP contribution in [0, 0.1) is 6.92 Å². The van der Waals surface area contributed by atoms with Crippen LogP contribution in [0.25, 0.3) is 10.6 Å². The van der Waals surface area contributed by atoms with Gasteiger partial charge in [0.15, 0.2) is 0 Å². The lowest BCUT2D eigenvalue weighted by atomic mass is 10.1. The first kappa shape index (κ1) is 18.2. The van der Waals surface area contributed by atoms with Gasteiger partial charge in [0, 0.05) is 11.6 Å². The van der Waals surface area contributed by atoms with Crippen LogP contribution in [-0.2, 0) is 6.54 Å². The van der Waals surface area contributed by atoms with Gasteiger partial charge in [0.1, 0.15) is 22.3 Å². The van der Waals surface area contributed by atoms with E-state index in [0.717, 1.165) is 5.56 Å². The first-order valence-electron chi connectivity index (χ1n) is 7.72. The van der Waals surface area contributed by atoms with Gasteiger partial charge in [0.2, 0.25) is 0 Å². The third-order valence-electron chi connectivity index (χ3n) is 3.69. The third-order valence-corrected chi connectivity index (χ3v) is 4.78. The van der Waals surface area contributed by atoms with Crippen molar-refractivity contribution in [2.24, 2.45) is 0 Å². The number of aryl methyl sites for hydroxylation is 1. The molecule has 2 N–H and O–H groups in total. The summed E-state index contributed by atoms with van der Waals surface area (Å²) in [4.78, 5) is 16.8. The molecule has 3 aromatic rings. The van der Waals surface area contributed by atoms with E-state index in [-0.39, 0.29) is 17.2 Å². The fraction of sp³-hybridized carbons (Fsp3) is 0.167. The van der Waals surface area contributed by atoms with Crippen molar-refractivity contribution in [3.63, 3.8) is 0 Å². The molecule has 134 valence electrons.